The van der Waals surface area contributed by atoms with Crippen LogP contribution in [0.4, 0.5) is 17.1 Å². The van der Waals surface area contributed by atoms with Crippen LogP contribution in [0.15, 0.2) is 41.3 Å². The first kappa shape index (κ1) is 21.8. The van der Waals surface area contributed by atoms with Gasteiger partial charge >= 0.3 is 0 Å². The number of fused-ring (bicyclic) bond motifs is 1. The highest BCUT2D eigenvalue weighted by molar-refractivity contribution is 7.92. The summed E-state index contributed by atoms with van der Waals surface area (Å²) in [5, 5.41) is 2.73. The fraction of sp³-hybridized carbons (Fsp3) is 0.364. The smallest absolute Gasteiger partial charge is 0.262 e. The summed E-state index contributed by atoms with van der Waals surface area (Å²) < 4.78 is 28.5. The molecule has 0 saturated heterocycles. The number of nitrogens with one attached hydrogen (secondary N) is 2. The van der Waals surface area contributed by atoms with E-state index in [1.807, 2.05) is 6.92 Å². The molecule has 0 spiro atoms. The van der Waals surface area contributed by atoms with Crippen molar-refractivity contribution < 1.29 is 18.0 Å². The molecular formula is C22H27N3O4S. The summed E-state index contributed by atoms with van der Waals surface area (Å²) in [5.74, 6) is -0.0312. The zero-order valence-electron chi connectivity index (χ0n) is 17.5. The van der Waals surface area contributed by atoms with Crippen molar-refractivity contribution in [3.05, 3.63) is 47.5 Å². The van der Waals surface area contributed by atoms with Gasteiger partial charge < -0.3 is 10.2 Å². The van der Waals surface area contributed by atoms with E-state index in [4.69, 9.17) is 0 Å². The highest BCUT2D eigenvalue weighted by Gasteiger charge is 2.24. The van der Waals surface area contributed by atoms with Crippen molar-refractivity contribution in [2.75, 3.05) is 21.5 Å². The molecule has 160 valence electrons. The van der Waals surface area contributed by atoms with E-state index in [9.17, 15) is 18.0 Å². The Morgan fingerprint density at radius 1 is 1.07 bits per heavy atom. The summed E-state index contributed by atoms with van der Waals surface area (Å²) in [7, 11) is -3.80. The number of rotatable bonds is 7. The first-order valence-electron chi connectivity index (χ1n) is 10.1. The highest BCUT2D eigenvalue weighted by Crippen LogP contribution is 2.31. The lowest BCUT2D eigenvalue weighted by atomic mass is 10.0. The van der Waals surface area contributed by atoms with Crippen LogP contribution in [0.1, 0.15) is 44.2 Å². The minimum Gasteiger partial charge on any atom is -0.326 e. The molecule has 1 aliphatic rings. The second-order valence-electron chi connectivity index (χ2n) is 7.38. The van der Waals surface area contributed by atoms with Crippen LogP contribution in [0.3, 0.4) is 0 Å². The van der Waals surface area contributed by atoms with Crippen molar-refractivity contribution in [1.29, 1.82) is 0 Å². The van der Waals surface area contributed by atoms with Crippen molar-refractivity contribution in [2.24, 2.45) is 0 Å². The van der Waals surface area contributed by atoms with Gasteiger partial charge in [-0.15, -0.1) is 0 Å². The zero-order chi connectivity index (χ0) is 21.9. The van der Waals surface area contributed by atoms with Crippen LogP contribution in [0.25, 0.3) is 0 Å². The van der Waals surface area contributed by atoms with E-state index in [1.165, 1.54) is 6.07 Å². The monoisotopic (exact) mass is 429 g/mol. The van der Waals surface area contributed by atoms with E-state index in [2.05, 4.69) is 10.0 Å². The van der Waals surface area contributed by atoms with E-state index in [0.29, 0.717) is 42.7 Å². The number of carbonyl (C=O) groups is 2. The maximum absolute atomic E-state index is 12.9. The van der Waals surface area contributed by atoms with Crippen LogP contribution in [-0.4, -0.2) is 26.8 Å². The van der Waals surface area contributed by atoms with Gasteiger partial charge in [-0.3, -0.25) is 14.3 Å². The van der Waals surface area contributed by atoms with Crippen LogP contribution >= 0.6 is 0 Å². The number of carbonyl (C=O) groups excluding carboxylic acids is 2. The second kappa shape index (κ2) is 8.87. The van der Waals surface area contributed by atoms with E-state index in [1.54, 1.807) is 49.1 Å². The first-order chi connectivity index (χ1) is 14.2. The summed E-state index contributed by atoms with van der Waals surface area (Å²) >= 11 is 0. The quantitative estimate of drug-likeness (QED) is 0.699. The fourth-order valence-corrected chi connectivity index (χ4v) is 4.86. The van der Waals surface area contributed by atoms with Crippen LogP contribution in [0.5, 0.6) is 0 Å². The number of hydrogen-bond acceptors (Lipinski definition) is 4. The number of hydrogen-bond donors (Lipinski definition) is 2. The van der Waals surface area contributed by atoms with E-state index < -0.39 is 10.0 Å². The predicted octanol–water partition coefficient (Wildman–Crippen LogP) is 3.83. The molecule has 2 N–H and O–H groups in total. The summed E-state index contributed by atoms with van der Waals surface area (Å²) in [5.41, 5.74) is 3.37. The molecule has 0 aliphatic carbocycles. The van der Waals surface area contributed by atoms with Crippen molar-refractivity contribution >= 4 is 38.9 Å². The Bertz CT molecular complexity index is 1080. The third kappa shape index (κ3) is 4.64. The maximum atomic E-state index is 12.9. The van der Waals surface area contributed by atoms with Gasteiger partial charge in [-0.2, -0.15) is 0 Å². The lowest BCUT2D eigenvalue weighted by Crippen LogP contribution is -2.35. The van der Waals surface area contributed by atoms with Crippen LogP contribution in [0.2, 0.25) is 0 Å². The molecule has 30 heavy (non-hydrogen) atoms. The normalized spacial score (nSPS) is 13.7. The molecule has 1 heterocycles. The number of nitrogens with zero attached hydrogens (tertiary/aromatic N) is 1. The van der Waals surface area contributed by atoms with Crippen LogP contribution in [0, 0.1) is 6.92 Å². The lowest BCUT2D eigenvalue weighted by Gasteiger charge is -2.29. The van der Waals surface area contributed by atoms with E-state index >= 15 is 0 Å². The number of sulfonamides is 1. The van der Waals surface area contributed by atoms with Gasteiger partial charge in [0.05, 0.1) is 4.90 Å². The van der Waals surface area contributed by atoms with Gasteiger partial charge in [0.1, 0.15) is 0 Å². The Morgan fingerprint density at radius 2 is 1.80 bits per heavy atom. The molecule has 0 bridgehead atoms. The molecule has 0 radical (unpaired) electrons. The Hall–Kier alpha value is -2.87. The lowest BCUT2D eigenvalue weighted by molar-refractivity contribution is -0.119. The van der Waals surface area contributed by atoms with Crippen molar-refractivity contribution in [3.8, 4) is 0 Å². The van der Waals surface area contributed by atoms with Gasteiger partial charge in [0, 0.05) is 36.4 Å². The predicted molar refractivity (Wildman–Crippen MR) is 118 cm³/mol. The highest BCUT2D eigenvalue weighted by atomic mass is 32.2. The summed E-state index contributed by atoms with van der Waals surface area (Å²) in [6, 6.07) is 9.99. The molecule has 2 amide bonds. The van der Waals surface area contributed by atoms with Gasteiger partial charge in [0.15, 0.2) is 0 Å². The summed E-state index contributed by atoms with van der Waals surface area (Å²) in [6.45, 7) is 6.11. The van der Waals surface area contributed by atoms with Crippen LogP contribution < -0.4 is 14.9 Å². The third-order valence-electron chi connectivity index (χ3n) is 5.05. The molecule has 8 heteroatoms. The van der Waals surface area contributed by atoms with Gasteiger partial charge in [-0.1, -0.05) is 13.8 Å². The molecule has 0 aromatic heterocycles. The summed E-state index contributed by atoms with van der Waals surface area (Å²) in [6.07, 6.45) is 2.22. The average molecular weight is 430 g/mol. The molecule has 0 atom stereocenters. The third-order valence-corrected chi connectivity index (χ3v) is 6.59. The van der Waals surface area contributed by atoms with Gasteiger partial charge in [-0.05, 0) is 67.3 Å². The fourth-order valence-electron chi connectivity index (χ4n) is 3.58. The van der Waals surface area contributed by atoms with E-state index in [-0.39, 0.29) is 16.7 Å². The summed E-state index contributed by atoms with van der Waals surface area (Å²) in [4.78, 5) is 25.7. The second-order valence-corrected chi connectivity index (χ2v) is 9.03. The maximum Gasteiger partial charge on any atom is 0.262 e. The number of amides is 2. The Balaban J connectivity index is 1.84. The van der Waals surface area contributed by atoms with Crippen LogP contribution in [-0.2, 0) is 26.0 Å². The number of anilines is 3. The van der Waals surface area contributed by atoms with Gasteiger partial charge in [0.2, 0.25) is 11.8 Å². The molecule has 0 unspecified atom stereocenters. The average Bonchev–Trinajstić information content (AvgIpc) is 2.69. The molecule has 2 aromatic carbocycles. The molecule has 3 rings (SSSR count). The Morgan fingerprint density at radius 3 is 2.47 bits per heavy atom. The van der Waals surface area contributed by atoms with E-state index in [0.717, 1.165) is 17.7 Å². The topological polar surface area (TPSA) is 95.6 Å². The van der Waals surface area contributed by atoms with Crippen molar-refractivity contribution in [1.82, 2.24) is 0 Å². The van der Waals surface area contributed by atoms with Crippen molar-refractivity contribution in [3.63, 3.8) is 0 Å². The zero-order valence-corrected chi connectivity index (χ0v) is 18.3. The molecule has 0 fully saturated rings. The largest absolute Gasteiger partial charge is 0.326 e. The Kier molecular flexibility index (Phi) is 6.45. The molecule has 1 aliphatic heterocycles. The van der Waals surface area contributed by atoms with Crippen molar-refractivity contribution in [2.45, 2.75) is 51.3 Å². The van der Waals surface area contributed by atoms with Gasteiger partial charge in [-0.25, -0.2) is 8.42 Å². The molecular weight excluding hydrogens is 402 g/mol. The first-order valence-corrected chi connectivity index (χ1v) is 11.6. The molecule has 0 saturated carbocycles. The minimum absolute atomic E-state index is 0.101. The molecule has 7 nitrogen and oxygen atoms in total. The number of aryl methyl sites for hydroxylation is 2. The van der Waals surface area contributed by atoms with Gasteiger partial charge in [0.25, 0.3) is 10.0 Å². The Labute approximate surface area is 177 Å². The molecule has 2 aromatic rings. The minimum atomic E-state index is -3.80. The number of benzene rings is 2. The standard InChI is InChI=1S/C22H27N3O4S/c1-4-12-25-19-9-7-18(14-16(19)6-11-22(25)27)24-30(28,29)20-10-8-17(13-15(20)3)23-21(26)5-2/h7-10,13-14,24H,4-6,11-12H2,1-3H3,(H,23,26). The SMILES string of the molecule is CCCN1C(=O)CCc2cc(NS(=O)(=O)c3ccc(NC(=O)CC)cc3C)ccc21.